The van der Waals surface area contributed by atoms with E-state index in [1.807, 2.05) is 6.07 Å². The van der Waals surface area contributed by atoms with Gasteiger partial charge in [0.1, 0.15) is 23.8 Å². The topological polar surface area (TPSA) is 111 Å². The van der Waals surface area contributed by atoms with Gasteiger partial charge in [-0.15, -0.1) is 0 Å². The van der Waals surface area contributed by atoms with E-state index in [4.69, 9.17) is 26.1 Å². The minimum atomic E-state index is -0.635. The largest absolute Gasteiger partial charge is 0.486 e. The molecule has 0 bridgehead atoms. The minimum Gasteiger partial charge on any atom is -0.486 e. The van der Waals surface area contributed by atoms with Gasteiger partial charge in [-0.3, -0.25) is 14.4 Å². The number of rotatable bonds is 9. The Morgan fingerprint density at radius 3 is 2.73 bits per heavy atom. The molecule has 0 spiro atoms. The highest BCUT2D eigenvalue weighted by atomic mass is 35.5. The molecule has 2 aliphatic rings. The summed E-state index contributed by atoms with van der Waals surface area (Å²) < 4.78 is 46.8. The van der Waals surface area contributed by atoms with Crippen LogP contribution in [0.5, 0.6) is 5.75 Å². The van der Waals surface area contributed by atoms with Crippen molar-refractivity contribution in [3.8, 4) is 17.1 Å². The van der Waals surface area contributed by atoms with Crippen molar-refractivity contribution in [2.75, 3.05) is 19.7 Å². The lowest BCUT2D eigenvalue weighted by Gasteiger charge is -2.29. The van der Waals surface area contributed by atoms with Crippen molar-refractivity contribution in [3.63, 3.8) is 0 Å². The van der Waals surface area contributed by atoms with E-state index in [9.17, 15) is 13.6 Å². The Balaban J connectivity index is 1.07. The van der Waals surface area contributed by atoms with E-state index in [1.165, 1.54) is 18.2 Å². The Kier molecular flexibility index (Phi) is 7.71. The predicted molar refractivity (Wildman–Crippen MR) is 158 cm³/mol. The van der Waals surface area contributed by atoms with Crippen LogP contribution in [0.3, 0.4) is 0 Å². The molecule has 7 rings (SSSR count). The first-order chi connectivity index (χ1) is 21.4. The molecule has 0 aliphatic carbocycles. The zero-order valence-corrected chi connectivity index (χ0v) is 24.2. The molecule has 10 nitrogen and oxygen atoms in total. The molecule has 5 heterocycles. The fourth-order valence-electron chi connectivity index (χ4n) is 5.41. The van der Waals surface area contributed by atoms with Crippen molar-refractivity contribution in [2.45, 2.75) is 38.6 Å². The maximum Gasteiger partial charge on any atom is 0.439 e. The van der Waals surface area contributed by atoms with Crippen LogP contribution in [0.2, 0.25) is 5.02 Å². The molecule has 1 unspecified atom stereocenters. The van der Waals surface area contributed by atoms with E-state index in [-0.39, 0.29) is 23.5 Å². The van der Waals surface area contributed by atoms with Gasteiger partial charge in [-0.05, 0) is 54.3 Å². The van der Waals surface area contributed by atoms with E-state index in [1.54, 1.807) is 24.4 Å². The van der Waals surface area contributed by atoms with E-state index in [2.05, 4.69) is 35.2 Å². The number of hydrogen-bond donors (Lipinski definition) is 1. The van der Waals surface area contributed by atoms with Crippen molar-refractivity contribution in [1.82, 2.24) is 29.6 Å². The minimum absolute atomic E-state index is 0.0636. The third kappa shape index (κ3) is 5.88. The average molecular weight is 621 g/mol. The van der Waals surface area contributed by atoms with Crippen LogP contribution in [0.15, 0.2) is 64.1 Å². The lowest BCUT2D eigenvalue weighted by Crippen LogP contribution is -2.33. The molecule has 0 saturated carbocycles. The van der Waals surface area contributed by atoms with Crippen molar-refractivity contribution in [1.29, 1.82) is 0 Å². The first-order valence-corrected chi connectivity index (χ1v) is 14.6. The highest BCUT2D eigenvalue weighted by Gasteiger charge is 2.24. The van der Waals surface area contributed by atoms with E-state index >= 15 is 0 Å². The number of ether oxygens (including phenoxy) is 2. The number of pyridine rings is 1. The van der Waals surface area contributed by atoms with Crippen LogP contribution in [0.25, 0.3) is 28.1 Å². The summed E-state index contributed by atoms with van der Waals surface area (Å²) in [4.78, 5) is 25.8. The van der Waals surface area contributed by atoms with Crippen molar-refractivity contribution >= 4 is 28.3 Å². The number of fused-ring (bicyclic) bond motifs is 1. The average Bonchev–Trinajstić information content (AvgIpc) is 3.58. The molecule has 3 aromatic heterocycles. The SMILES string of the molecule is O=c1[nH]c(-c2cnc3c(c2)nc(CN2CC=C(c4ccc(F)c(OCc5ccc(Cl)cc5F)c4)CC2)n3CC2CCO2)no1. The second-order valence-electron chi connectivity index (χ2n) is 10.8. The standard InChI is InChI=1S/C31H27ClF2N6O4/c32-22-3-1-20(25(34)13-22)17-43-27-12-19(2-4-24(27)33)18-5-8-39(9-6-18)16-28-36-26-11-21(29-37-31(41)44-38-29)14-35-30(26)40(28)15-23-7-10-42-23/h1-5,11-14,23H,6-10,15-17H2,(H,37,38,41). The summed E-state index contributed by atoms with van der Waals surface area (Å²) in [7, 11) is 0. The van der Waals surface area contributed by atoms with Gasteiger partial charge in [-0.1, -0.05) is 35.0 Å². The summed E-state index contributed by atoms with van der Waals surface area (Å²) in [6.45, 7) is 3.30. The Morgan fingerprint density at radius 1 is 1.11 bits per heavy atom. The lowest BCUT2D eigenvalue weighted by atomic mass is 9.99. The summed E-state index contributed by atoms with van der Waals surface area (Å²) in [5, 5.41) is 4.05. The molecule has 2 aliphatic heterocycles. The van der Waals surface area contributed by atoms with Gasteiger partial charge >= 0.3 is 5.76 Å². The molecule has 0 radical (unpaired) electrons. The fourth-order valence-corrected chi connectivity index (χ4v) is 5.57. The van der Waals surface area contributed by atoms with Gasteiger partial charge in [-0.2, -0.15) is 0 Å². The van der Waals surface area contributed by atoms with Crippen LogP contribution in [-0.4, -0.2) is 55.4 Å². The van der Waals surface area contributed by atoms with Crippen molar-refractivity contribution in [3.05, 3.63) is 98.9 Å². The quantitative estimate of drug-likeness (QED) is 0.234. The number of imidazole rings is 1. The first kappa shape index (κ1) is 28.4. The maximum absolute atomic E-state index is 14.6. The van der Waals surface area contributed by atoms with Gasteiger partial charge in [0.25, 0.3) is 0 Å². The Morgan fingerprint density at radius 2 is 2.00 bits per heavy atom. The fraction of sp³-hybridized carbons (Fsp3) is 0.290. The molecule has 44 heavy (non-hydrogen) atoms. The summed E-state index contributed by atoms with van der Waals surface area (Å²) in [6.07, 6.45) is 5.59. The predicted octanol–water partition coefficient (Wildman–Crippen LogP) is 5.36. The molecule has 13 heteroatoms. The molecule has 2 aromatic carbocycles. The van der Waals surface area contributed by atoms with Crippen LogP contribution in [0.4, 0.5) is 8.78 Å². The summed E-state index contributed by atoms with van der Waals surface area (Å²) >= 11 is 5.83. The zero-order chi connectivity index (χ0) is 30.2. The van der Waals surface area contributed by atoms with Crippen LogP contribution >= 0.6 is 11.6 Å². The Labute approximate surface area is 254 Å². The first-order valence-electron chi connectivity index (χ1n) is 14.2. The lowest BCUT2D eigenvalue weighted by molar-refractivity contribution is -0.0592. The maximum atomic E-state index is 14.6. The van der Waals surface area contributed by atoms with Crippen LogP contribution in [0.1, 0.15) is 29.8 Å². The molecule has 1 atom stereocenters. The van der Waals surface area contributed by atoms with Gasteiger partial charge in [0.05, 0.1) is 19.2 Å². The highest BCUT2D eigenvalue weighted by molar-refractivity contribution is 6.30. The molecule has 0 amide bonds. The molecule has 5 aromatic rings. The zero-order valence-electron chi connectivity index (χ0n) is 23.4. The van der Waals surface area contributed by atoms with E-state index < -0.39 is 17.4 Å². The summed E-state index contributed by atoms with van der Waals surface area (Å²) in [5.41, 5.74) is 4.25. The van der Waals surface area contributed by atoms with E-state index in [0.29, 0.717) is 42.1 Å². The summed E-state index contributed by atoms with van der Waals surface area (Å²) in [6, 6.07) is 10.9. The second kappa shape index (κ2) is 11.9. The smallest absolute Gasteiger partial charge is 0.439 e. The Bertz CT molecular complexity index is 1930. The van der Waals surface area contributed by atoms with Gasteiger partial charge in [-0.25, -0.2) is 23.5 Å². The van der Waals surface area contributed by atoms with Crippen LogP contribution < -0.4 is 10.5 Å². The van der Waals surface area contributed by atoms with Gasteiger partial charge in [0.2, 0.25) is 0 Å². The number of nitrogens with zero attached hydrogens (tertiary/aromatic N) is 5. The van der Waals surface area contributed by atoms with Gasteiger partial charge in [0, 0.05) is 42.0 Å². The van der Waals surface area contributed by atoms with Crippen LogP contribution in [-0.2, 0) is 24.4 Å². The number of halogens is 3. The summed E-state index contributed by atoms with van der Waals surface area (Å²) in [5.74, 6) is -0.430. The number of aromatic nitrogens is 5. The molecular weight excluding hydrogens is 594 g/mol. The number of benzene rings is 2. The number of H-pyrrole nitrogens is 1. The molecular formula is C31H27ClF2N6O4. The molecule has 1 saturated heterocycles. The normalized spacial score (nSPS) is 17.1. The Hall–Kier alpha value is -4.39. The second-order valence-corrected chi connectivity index (χ2v) is 11.3. The van der Waals surface area contributed by atoms with Crippen molar-refractivity contribution in [2.24, 2.45) is 0 Å². The number of nitrogens with one attached hydrogen (secondary N) is 1. The molecule has 1 N–H and O–H groups in total. The number of aromatic amines is 1. The molecule has 226 valence electrons. The van der Waals surface area contributed by atoms with Crippen LogP contribution in [0, 0.1) is 11.6 Å². The monoisotopic (exact) mass is 620 g/mol. The third-order valence-corrected chi connectivity index (χ3v) is 8.15. The third-order valence-electron chi connectivity index (χ3n) is 7.92. The van der Waals surface area contributed by atoms with Gasteiger partial charge < -0.3 is 14.0 Å². The van der Waals surface area contributed by atoms with Crippen molar-refractivity contribution < 1.29 is 22.8 Å². The molecule has 1 fully saturated rings. The van der Waals surface area contributed by atoms with Gasteiger partial charge in [0.15, 0.2) is 23.0 Å². The van der Waals surface area contributed by atoms with E-state index in [0.717, 1.165) is 48.6 Å². The highest BCUT2D eigenvalue weighted by Crippen LogP contribution is 2.30. The number of hydrogen-bond acceptors (Lipinski definition) is 8.